The molecular weight excluding hydrogens is 221 g/mol. The standard InChI is InChI=1S/C13H18FNO2/c1-8(14)9-6-10(13(2,3)15)12-11(7-9)16-4-5-17-12/h6-8H,4-5,15H2,1-3H3. The number of halogens is 1. The van der Waals surface area contributed by atoms with Crippen LogP contribution < -0.4 is 15.2 Å². The van der Waals surface area contributed by atoms with Crippen molar-refractivity contribution in [3.63, 3.8) is 0 Å². The second-order valence-electron chi connectivity index (χ2n) is 4.93. The lowest BCUT2D eigenvalue weighted by molar-refractivity contribution is 0.167. The van der Waals surface area contributed by atoms with E-state index in [0.717, 1.165) is 5.56 Å². The highest BCUT2D eigenvalue weighted by molar-refractivity contribution is 5.53. The molecule has 0 fully saturated rings. The van der Waals surface area contributed by atoms with E-state index in [1.54, 1.807) is 12.1 Å². The molecule has 2 N–H and O–H groups in total. The third-order valence-corrected chi connectivity index (χ3v) is 2.82. The van der Waals surface area contributed by atoms with Crippen molar-refractivity contribution < 1.29 is 13.9 Å². The van der Waals surface area contributed by atoms with Gasteiger partial charge in [-0.25, -0.2) is 4.39 Å². The van der Waals surface area contributed by atoms with Crippen LogP contribution >= 0.6 is 0 Å². The van der Waals surface area contributed by atoms with Crippen LogP contribution in [0.15, 0.2) is 12.1 Å². The zero-order valence-corrected chi connectivity index (χ0v) is 10.4. The smallest absolute Gasteiger partial charge is 0.166 e. The molecule has 1 heterocycles. The minimum Gasteiger partial charge on any atom is -0.486 e. The molecule has 0 saturated carbocycles. The van der Waals surface area contributed by atoms with Crippen molar-refractivity contribution in [3.05, 3.63) is 23.3 Å². The number of fused-ring (bicyclic) bond motifs is 1. The number of hydrogen-bond acceptors (Lipinski definition) is 3. The lowest BCUT2D eigenvalue weighted by atomic mass is 9.91. The Kier molecular flexibility index (Phi) is 3.00. The summed E-state index contributed by atoms with van der Waals surface area (Å²) in [5.41, 5.74) is 6.86. The van der Waals surface area contributed by atoms with Gasteiger partial charge in [-0.15, -0.1) is 0 Å². The first-order valence-corrected chi connectivity index (χ1v) is 5.76. The van der Waals surface area contributed by atoms with E-state index in [-0.39, 0.29) is 0 Å². The molecule has 0 amide bonds. The summed E-state index contributed by atoms with van der Waals surface area (Å²) < 4.78 is 24.5. The molecule has 0 aromatic heterocycles. The SMILES string of the molecule is CC(F)c1cc2c(c(C(C)(C)N)c1)OCCO2. The zero-order chi connectivity index (χ0) is 12.6. The van der Waals surface area contributed by atoms with Crippen molar-refractivity contribution in [3.8, 4) is 11.5 Å². The molecule has 1 aromatic rings. The van der Waals surface area contributed by atoms with E-state index in [1.807, 2.05) is 13.8 Å². The first-order valence-electron chi connectivity index (χ1n) is 5.76. The summed E-state index contributed by atoms with van der Waals surface area (Å²) in [7, 11) is 0. The predicted molar refractivity (Wildman–Crippen MR) is 64.2 cm³/mol. The Hall–Kier alpha value is -1.29. The van der Waals surface area contributed by atoms with E-state index in [2.05, 4.69) is 0 Å². The largest absolute Gasteiger partial charge is 0.486 e. The molecule has 0 bridgehead atoms. The highest BCUT2D eigenvalue weighted by Crippen LogP contribution is 2.41. The van der Waals surface area contributed by atoms with Crippen molar-refractivity contribution in [2.24, 2.45) is 5.73 Å². The topological polar surface area (TPSA) is 44.5 Å². The van der Waals surface area contributed by atoms with Crippen LogP contribution in [0.1, 0.15) is 38.1 Å². The summed E-state index contributed by atoms with van der Waals surface area (Å²) in [5, 5.41) is 0. The Morgan fingerprint density at radius 1 is 1.29 bits per heavy atom. The summed E-state index contributed by atoms with van der Waals surface area (Å²) in [5.74, 6) is 1.24. The minimum absolute atomic E-state index is 0.488. The van der Waals surface area contributed by atoms with E-state index in [9.17, 15) is 4.39 Å². The molecular formula is C13H18FNO2. The van der Waals surface area contributed by atoms with E-state index in [0.29, 0.717) is 30.3 Å². The molecule has 4 heteroatoms. The van der Waals surface area contributed by atoms with Crippen molar-refractivity contribution >= 4 is 0 Å². The number of nitrogens with two attached hydrogens (primary N) is 1. The van der Waals surface area contributed by atoms with Gasteiger partial charge in [0, 0.05) is 11.1 Å². The molecule has 2 rings (SSSR count). The number of rotatable bonds is 2. The van der Waals surface area contributed by atoms with Crippen LogP contribution in [-0.2, 0) is 5.54 Å². The second-order valence-corrected chi connectivity index (χ2v) is 4.93. The maximum Gasteiger partial charge on any atom is 0.166 e. The summed E-state index contributed by atoms with van der Waals surface area (Å²) >= 11 is 0. The van der Waals surface area contributed by atoms with Gasteiger partial charge in [0.05, 0.1) is 0 Å². The maximum absolute atomic E-state index is 13.4. The number of ether oxygens (including phenoxy) is 2. The molecule has 0 aliphatic carbocycles. The highest BCUT2D eigenvalue weighted by atomic mass is 19.1. The molecule has 1 aromatic carbocycles. The van der Waals surface area contributed by atoms with Crippen LogP contribution in [0, 0.1) is 0 Å². The Balaban J connectivity index is 2.58. The molecule has 17 heavy (non-hydrogen) atoms. The third-order valence-electron chi connectivity index (χ3n) is 2.82. The van der Waals surface area contributed by atoms with Gasteiger partial charge in [0.25, 0.3) is 0 Å². The minimum atomic E-state index is -1.05. The van der Waals surface area contributed by atoms with Gasteiger partial charge in [-0.3, -0.25) is 0 Å². The molecule has 1 unspecified atom stereocenters. The molecule has 94 valence electrons. The van der Waals surface area contributed by atoms with E-state index in [1.165, 1.54) is 6.92 Å². The normalized spacial score (nSPS) is 16.8. The fraction of sp³-hybridized carbons (Fsp3) is 0.538. The van der Waals surface area contributed by atoms with Crippen molar-refractivity contribution in [1.29, 1.82) is 0 Å². The summed E-state index contributed by atoms with van der Waals surface area (Å²) in [6, 6.07) is 3.45. The van der Waals surface area contributed by atoms with Crippen LogP contribution in [0.3, 0.4) is 0 Å². The van der Waals surface area contributed by atoms with Gasteiger partial charge in [-0.1, -0.05) is 0 Å². The van der Waals surface area contributed by atoms with Crippen LogP contribution in [0.25, 0.3) is 0 Å². The first-order chi connectivity index (χ1) is 7.89. The second kappa shape index (κ2) is 4.18. The van der Waals surface area contributed by atoms with E-state index < -0.39 is 11.7 Å². The lowest BCUT2D eigenvalue weighted by Crippen LogP contribution is -2.31. The Bertz CT molecular complexity index is 424. The highest BCUT2D eigenvalue weighted by Gasteiger charge is 2.26. The Morgan fingerprint density at radius 3 is 2.53 bits per heavy atom. The summed E-state index contributed by atoms with van der Waals surface area (Å²) in [4.78, 5) is 0. The van der Waals surface area contributed by atoms with Gasteiger partial charge in [0.1, 0.15) is 19.4 Å². The summed E-state index contributed by atoms with van der Waals surface area (Å²) in [6.07, 6.45) is -1.05. The zero-order valence-electron chi connectivity index (χ0n) is 10.4. The van der Waals surface area contributed by atoms with Gasteiger partial charge in [0.15, 0.2) is 11.5 Å². The van der Waals surface area contributed by atoms with Crippen LogP contribution in [-0.4, -0.2) is 13.2 Å². The molecule has 0 radical (unpaired) electrons. The van der Waals surface area contributed by atoms with E-state index in [4.69, 9.17) is 15.2 Å². The fourth-order valence-electron chi connectivity index (χ4n) is 1.88. The quantitative estimate of drug-likeness (QED) is 0.863. The third kappa shape index (κ3) is 2.36. The average molecular weight is 239 g/mol. The van der Waals surface area contributed by atoms with Gasteiger partial charge in [-0.05, 0) is 38.5 Å². The van der Waals surface area contributed by atoms with Crippen molar-refractivity contribution in [2.75, 3.05) is 13.2 Å². The van der Waals surface area contributed by atoms with E-state index >= 15 is 0 Å². The van der Waals surface area contributed by atoms with Gasteiger partial charge in [0.2, 0.25) is 0 Å². The van der Waals surface area contributed by atoms with Crippen LogP contribution in [0.5, 0.6) is 11.5 Å². The Morgan fingerprint density at radius 2 is 1.94 bits per heavy atom. The van der Waals surface area contributed by atoms with Gasteiger partial charge < -0.3 is 15.2 Å². The molecule has 0 saturated heterocycles. The molecule has 3 nitrogen and oxygen atoms in total. The van der Waals surface area contributed by atoms with Crippen molar-refractivity contribution in [1.82, 2.24) is 0 Å². The first kappa shape index (κ1) is 12.2. The molecule has 1 aliphatic heterocycles. The van der Waals surface area contributed by atoms with Gasteiger partial charge in [-0.2, -0.15) is 0 Å². The maximum atomic E-state index is 13.4. The molecule has 1 aliphatic rings. The van der Waals surface area contributed by atoms with Crippen LogP contribution in [0.2, 0.25) is 0 Å². The molecule has 1 atom stereocenters. The Labute approximate surface area is 101 Å². The lowest BCUT2D eigenvalue weighted by Gasteiger charge is -2.28. The fourth-order valence-corrected chi connectivity index (χ4v) is 1.88. The van der Waals surface area contributed by atoms with Gasteiger partial charge >= 0.3 is 0 Å². The number of alkyl halides is 1. The number of benzene rings is 1. The monoisotopic (exact) mass is 239 g/mol. The van der Waals surface area contributed by atoms with Crippen LogP contribution in [0.4, 0.5) is 4.39 Å². The van der Waals surface area contributed by atoms with Crippen molar-refractivity contribution in [2.45, 2.75) is 32.5 Å². The predicted octanol–water partition coefficient (Wildman–Crippen LogP) is 2.68. The summed E-state index contributed by atoms with van der Waals surface area (Å²) in [6.45, 7) is 6.22. The number of hydrogen-bond donors (Lipinski definition) is 1. The molecule has 0 spiro atoms. The average Bonchev–Trinajstić information content (AvgIpc) is 2.26.